The lowest BCUT2D eigenvalue weighted by atomic mass is 10.1. The van der Waals surface area contributed by atoms with Crippen molar-refractivity contribution in [3.05, 3.63) is 42.2 Å². The van der Waals surface area contributed by atoms with Crippen LogP contribution in [-0.2, 0) is 16.1 Å². The second-order valence-corrected chi connectivity index (χ2v) is 7.17. The maximum absolute atomic E-state index is 13.2. The first-order valence-electron chi connectivity index (χ1n) is 8.66. The van der Waals surface area contributed by atoms with Gasteiger partial charge < -0.3 is 14.2 Å². The van der Waals surface area contributed by atoms with Crippen LogP contribution >= 0.6 is 11.8 Å². The second kappa shape index (κ2) is 9.01. The minimum Gasteiger partial charge on any atom is -0.383 e. The number of hydrogen-bond donors (Lipinski definition) is 0. The highest BCUT2D eigenvalue weighted by molar-refractivity contribution is 8.00. The number of nitrogens with zero attached hydrogens (tertiary/aromatic N) is 4. The average molecular weight is 360 g/mol. The van der Waals surface area contributed by atoms with E-state index in [2.05, 4.69) is 10.2 Å². The van der Waals surface area contributed by atoms with Crippen molar-refractivity contribution in [2.45, 2.75) is 36.2 Å². The van der Waals surface area contributed by atoms with Crippen LogP contribution in [0.4, 0.5) is 0 Å². The maximum atomic E-state index is 13.2. The number of rotatable bonds is 7. The summed E-state index contributed by atoms with van der Waals surface area (Å²) >= 11 is 1.47. The highest BCUT2D eigenvalue weighted by Crippen LogP contribution is 2.36. The Morgan fingerprint density at radius 3 is 2.72 bits per heavy atom. The molecule has 134 valence electrons. The van der Waals surface area contributed by atoms with Gasteiger partial charge in [-0.2, -0.15) is 0 Å². The van der Waals surface area contributed by atoms with Gasteiger partial charge in [-0.1, -0.05) is 42.1 Å². The molecule has 1 aliphatic rings. The van der Waals surface area contributed by atoms with E-state index in [1.807, 2.05) is 39.8 Å². The number of hydrogen-bond acceptors (Lipinski definition) is 5. The molecule has 1 aromatic heterocycles. The molecule has 0 saturated carbocycles. The van der Waals surface area contributed by atoms with Crippen LogP contribution in [0.5, 0.6) is 0 Å². The van der Waals surface area contributed by atoms with Crippen LogP contribution in [0, 0.1) is 0 Å². The number of carbonyl (C=O) groups excluding carboxylic acids is 1. The number of piperidine rings is 1. The van der Waals surface area contributed by atoms with Gasteiger partial charge in [0, 0.05) is 26.7 Å². The van der Waals surface area contributed by atoms with Crippen LogP contribution in [0.2, 0.25) is 0 Å². The third-order valence-electron chi connectivity index (χ3n) is 4.33. The molecule has 2 aromatic rings. The van der Waals surface area contributed by atoms with Crippen LogP contribution in [0.25, 0.3) is 0 Å². The van der Waals surface area contributed by atoms with Gasteiger partial charge in [0.15, 0.2) is 5.16 Å². The molecule has 25 heavy (non-hydrogen) atoms. The Morgan fingerprint density at radius 2 is 2.00 bits per heavy atom. The summed E-state index contributed by atoms with van der Waals surface area (Å²) in [7, 11) is 1.67. The van der Waals surface area contributed by atoms with Crippen molar-refractivity contribution < 1.29 is 9.53 Å². The first-order valence-corrected chi connectivity index (χ1v) is 9.54. The molecule has 0 bridgehead atoms. The van der Waals surface area contributed by atoms with Gasteiger partial charge in [-0.05, 0) is 24.8 Å². The third-order valence-corrected chi connectivity index (χ3v) is 5.57. The summed E-state index contributed by atoms with van der Waals surface area (Å²) in [5, 5.41) is 8.66. The number of thioether (sulfide) groups is 1. The van der Waals surface area contributed by atoms with Crippen molar-refractivity contribution in [3.8, 4) is 0 Å². The molecule has 1 unspecified atom stereocenters. The molecule has 7 heteroatoms. The molecule has 0 N–H and O–H groups in total. The number of carbonyl (C=O) groups is 1. The Labute approximate surface area is 152 Å². The zero-order valence-corrected chi connectivity index (χ0v) is 15.3. The first-order chi connectivity index (χ1) is 12.3. The summed E-state index contributed by atoms with van der Waals surface area (Å²) in [6, 6.07) is 9.94. The first kappa shape index (κ1) is 17.9. The Morgan fingerprint density at radius 1 is 1.24 bits per heavy atom. The largest absolute Gasteiger partial charge is 0.383 e. The molecular weight excluding hydrogens is 336 g/mol. The summed E-state index contributed by atoms with van der Waals surface area (Å²) in [5.74, 6) is 0.164. The lowest BCUT2D eigenvalue weighted by Crippen LogP contribution is -2.38. The van der Waals surface area contributed by atoms with E-state index in [1.165, 1.54) is 18.2 Å². The molecule has 1 fully saturated rings. The van der Waals surface area contributed by atoms with Crippen LogP contribution in [0.15, 0.2) is 41.8 Å². The highest BCUT2D eigenvalue weighted by atomic mass is 32.2. The number of aromatic nitrogens is 3. The number of likely N-dealkylation sites (tertiary alicyclic amines) is 1. The molecule has 2 heterocycles. The fraction of sp³-hybridized carbons (Fsp3) is 0.500. The van der Waals surface area contributed by atoms with Gasteiger partial charge in [-0.3, -0.25) is 4.79 Å². The monoisotopic (exact) mass is 360 g/mol. The predicted octanol–water partition coefficient (Wildman–Crippen LogP) is 2.77. The topological polar surface area (TPSA) is 60.2 Å². The molecule has 0 aliphatic carbocycles. The lowest BCUT2D eigenvalue weighted by molar-refractivity contribution is -0.131. The van der Waals surface area contributed by atoms with Gasteiger partial charge in [0.1, 0.15) is 11.6 Å². The molecule has 1 amide bonds. The van der Waals surface area contributed by atoms with E-state index in [-0.39, 0.29) is 11.2 Å². The number of benzene rings is 1. The maximum Gasteiger partial charge on any atom is 0.240 e. The van der Waals surface area contributed by atoms with Gasteiger partial charge in [-0.15, -0.1) is 10.2 Å². The van der Waals surface area contributed by atoms with E-state index in [1.54, 1.807) is 13.4 Å². The molecule has 6 nitrogen and oxygen atoms in total. The van der Waals surface area contributed by atoms with E-state index < -0.39 is 0 Å². The Kier molecular flexibility index (Phi) is 6.47. The van der Waals surface area contributed by atoms with Crippen LogP contribution in [-0.4, -0.2) is 52.4 Å². The Balaban J connectivity index is 1.82. The smallest absolute Gasteiger partial charge is 0.240 e. The Hall–Kier alpha value is -1.86. The number of methoxy groups -OCH3 is 1. The minimum absolute atomic E-state index is 0.164. The number of amides is 1. The van der Waals surface area contributed by atoms with Crippen molar-refractivity contribution in [2.24, 2.45) is 0 Å². The Bertz CT molecular complexity index is 671. The zero-order chi connectivity index (χ0) is 17.5. The van der Waals surface area contributed by atoms with Crippen molar-refractivity contribution in [1.29, 1.82) is 0 Å². The summed E-state index contributed by atoms with van der Waals surface area (Å²) < 4.78 is 7.08. The molecular formula is C18H24N4O2S. The molecule has 1 aromatic carbocycles. The van der Waals surface area contributed by atoms with Gasteiger partial charge in [0.2, 0.25) is 5.91 Å². The van der Waals surface area contributed by atoms with E-state index in [0.717, 1.165) is 36.7 Å². The van der Waals surface area contributed by atoms with E-state index >= 15 is 0 Å². The van der Waals surface area contributed by atoms with E-state index in [0.29, 0.717) is 13.2 Å². The zero-order valence-electron chi connectivity index (χ0n) is 14.5. The van der Waals surface area contributed by atoms with Gasteiger partial charge in [0.05, 0.1) is 6.61 Å². The van der Waals surface area contributed by atoms with Crippen molar-refractivity contribution in [2.75, 3.05) is 26.8 Å². The third kappa shape index (κ3) is 4.61. The van der Waals surface area contributed by atoms with Crippen molar-refractivity contribution in [3.63, 3.8) is 0 Å². The summed E-state index contributed by atoms with van der Waals surface area (Å²) in [6.45, 7) is 2.95. The summed E-state index contributed by atoms with van der Waals surface area (Å²) in [6.07, 6.45) is 5.07. The van der Waals surface area contributed by atoms with E-state index in [9.17, 15) is 4.79 Å². The van der Waals surface area contributed by atoms with Gasteiger partial charge in [-0.25, -0.2) is 0 Å². The highest BCUT2D eigenvalue weighted by Gasteiger charge is 2.29. The molecule has 0 spiro atoms. The molecule has 3 rings (SSSR count). The fourth-order valence-electron chi connectivity index (χ4n) is 2.95. The molecule has 1 aliphatic heterocycles. The van der Waals surface area contributed by atoms with Gasteiger partial charge in [0.25, 0.3) is 0 Å². The lowest BCUT2D eigenvalue weighted by Gasteiger charge is -2.30. The molecule has 0 radical (unpaired) electrons. The van der Waals surface area contributed by atoms with E-state index in [4.69, 9.17) is 4.74 Å². The normalized spacial score (nSPS) is 16.0. The molecule has 1 atom stereocenters. The summed E-state index contributed by atoms with van der Waals surface area (Å²) in [4.78, 5) is 15.2. The fourth-order valence-corrected chi connectivity index (χ4v) is 4.08. The van der Waals surface area contributed by atoms with Crippen molar-refractivity contribution in [1.82, 2.24) is 19.7 Å². The van der Waals surface area contributed by atoms with Crippen LogP contribution in [0.3, 0.4) is 0 Å². The van der Waals surface area contributed by atoms with Crippen LogP contribution < -0.4 is 0 Å². The summed E-state index contributed by atoms with van der Waals surface area (Å²) in [5.41, 5.74) is 1.00. The van der Waals surface area contributed by atoms with Gasteiger partial charge >= 0.3 is 0 Å². The SMILES string of the molecule is COCCn1cnnc1SC(C(=O)N1CCCCC1)c1ccccc1. The standard InChI is InChI=1S/C18H24N4O2S/c1-24-13-12-22-14-19-20-18(22)25-16(15-8-4-2-5-9-15)17(23)21-10-6-3-7-11-21/h2,4-5,8-9,14,16H,3,6-7,10-13H2,1H3. The molecule has 1 saturated heterocycles. The van der Waals surface area contributed by atoms with Crippen LogP contribution in [0.1, 0.15) is 30.1 Å². The second-order valence-electron chi connectivity index (χ2n) is 6.09. The predicted molar refractivity (Wildman–Crippen MR) is 97.4 cm³/mol. The average Bonchev–Trinajstić information content (AvgIpc) is 3.12. The minimum atomic E-state index is -0.301. The quantitative estimate of drug-likeness (QED) is 0.711. The number of ether oxygens (including phenoxy) is 1. The van der Waals surface area contributed by atoms with Crippen molar-refractivity contribution >= 4 is 17.7 Å².